The third-order valence-corrected chi connectivity index (χ3v) is 5.01. The van der Waals surface area contributed by atoms with Gasteiger partial charge in [-0.3, -0.25) is 0 Å². The zero-order valence-corrected chi connectivity index (χ0v) is 16.6. The van der Waals surface area contributed by atoms with Gasteiger partial charge in [0.15, 0.2) is 11.5 Å². The Kier molecular flexibility index (Phi) is 6.01. The molecule has 7 nitrogen and oxygen atoms in total. The van der Waals surface area contributed by atoms with Gasteiger partial charge in [-0.15, -0.1) is 0 Å². The van der Waals surface area contributed by atoms with E-state index in [0.717, 1.165) is 48.8 Å². The lowest BCUT2D eigenvalue weighted by atomic mass is 9.98. The largest absolute Gasteiger partial charge is 0.493 e. The monoisotopic (exact) mass is 371 g/mol. The summed E-state index contributed by atoms with van der Waals surface area (Å²) in [5.41, 5.74) is 7.61. The van der Waals surface area contributed by atoms with Crippen molar-refractivity contribution in [3.63, 3.8) is 0 Å². The molecule has 2 N–H and O–H groups in total. The summed E-state index contributed by atoms with van der Waals surface area (Å²) in [6.07, 6.45) is 2.32. The molecule has 3 rings (SSSR count). The second-order valence-electron chi connectivity index (χ2n) is 7.19. The molecule has 0 atom stereocenters. The fourth-order valence-electron chi connectivity index (χ4n) is 3.27. The van der Waals surface area contributed by atoms with Crippen molar-refractivity contribution in [2.24, 2.45) is 5.92 Å². The molecule has 0 aliphatic carbocycles. The van der Waals surface area contributed by atoms with Crippen molar-refractivity contribution in [2.75, 3.05) is 51.5 Å². The van der Waals surface area contributed by atoms with E-state index in [-0.39, 0.29) is 0 Å². The summed E-state index contributed by atoms with van der Waals surface area (Å²) in [7, 11) is 5.74. The highest BCUT2D eigenvalue weighted by molar-refractivity contribution is 5.62. The number of hydrogen-bond donors (Lipinski definition) is 1. The third-order valence-electron chi connectivity index (χ3n) is 5.01. The van der Waals surface area contributed by atoms with Crippen LogP contribution in [0.3, 0.4) is 0 Å². The summed E-state index contributed by atoms with van der Waals surface area (Å²) in [5.74, 6) is 3.05. The van der Waals surface area contributed by atoms with Crippen LogP contribution in [0.5, 0.6) is 11.5 Å². The minimum absolute atomic E-state index is 0.455. The first-order chi connectivity index (χ1) is 13.0. The first-order valence-corrected chi connectivity index (χ1v) is 9.30. The SMILES string of the molecule is COc1ccc(N(C)c2nc(C)cc(N)n2)cc1OCC1CCN(C)CC1. The first kappa shape index (κ1) is 19.2. The van der Waals surface area contributed by atoms with Crippen LogP contribution in [0.4, 0.5) is 17.5 Å². The van der Waals surface area contributed by atoms with E-state index >= 15 is 0 Å². The standard InChI is InChI=1S/C20H29N5O2/c1-14-11-19(21)23-20(22-14)25(3)16-5-6-17(26-4)18(12-16)27-13-15-7-9-24(2)10-8-15/h5-6,11-12,15H,7-10,13H2,1-4H3,(H2,21,22,23). The van der Waals surface area contributed by atoms with Crippen LogP contribution >= 0.6 is 0 Å². The van der Waals surface area contributed by atoms with Crippen molar-refractivity contribution in [2.45, 2.75) is 19.8 Å². The Morgan fingerprint density at radius 2 is 1.93 bits per heavy atom. The number of aromatic nitrogens is 2. The summed E-state index contributed by atoms with van der Waals surface area (Å²) in [6.45, 7) is 4.85. The molecule has 1 aromatic heterocycles. The van der Waals surface area contributed by atoms with E-state index in [0.29, 0.717) is 24.3 Å². The van der Waals surface area contributed by atoms with Crippen molar-refractivity contribution >= 4 is 17.5 Å². The lowest BCUT2D eigenvalue weighted by Gasteiger charge is -2.29. The number of anilines is 3. The molecule has 0 radical (unpaired) electrons. The van der Waals surface area contributed by atoms with Gasteiger partial charge in [-0.05, 0) is 58.0 Å². The van der Waals surface area contributed by atoms with Gasteiger partial charge < -0.3 is 25.0 Å². The molecule has 2 aromatic rings. The van der Waals surface area contributed by atoms with Crippen LogP contribution in [-0.2, 0) is 0 Å². The fraction of sp³-hybridized carbons (Fsp3) is 0.500. The number of piperidine rings is 1. The summed E-state index contributed by atoms with van der Waals surface area (Å²) < 4.78 is 11.6. The second kappa shape index (κ2) is 8.43. The first-order valence-electron chi connectivity index (χ1n) is 9.30. The van der Waals surface area contributed by atoms with E-state index in [1.165, 1.54) is 0 Å². The highest BCUT2D eigenvalue weighted by Crippen LogP contribution is 2.34. The number of hydrogen-bond acceptors (Lipinski definition) is 7. The predicted molar refractivity (Wildman–Crippen MR) is 108 cm³/mol. The van der Waals surface area contributed by atoms with Gasteiger partial charge >= 0.3 is 0 Å². The molecule has 0 amide bonds. The summed E-state index contributed by atoms with van der Waals surface area (Å²) in [6, 6.07) is 7.59. The molecule has 1 aliphatic heterocycles. The molecule has 0 unspecified atom stereocenters. The lowest BCUT2D eigenvalue weighted by molar-refractivity contribution is 0.157. The number of nitrogen functional groups attached to an aromatic ring is 1. The van der Waals surface area contributed by atoms with Crippen LogP contribution in [0, 0.1) is 12.8 Å². The van der Waals surface area contributed by atoms with Crippen LogP contribution in [0.25, 0.3) is 0 Å². The molecular weight excluding hydrogens is 342 g/mol. The molecule has 1 aromatic carbocycles. The van der Waals surface area contributed by atoms with Gasteiger partial charge in [0.25, 0.3) is 0 Å². The number of methoxy groups -OCH3 is 1. The van der Waals surface area contributed by atoms with E-state index in [1.54, 1.807) is 13.2 Å². The van der Waals surface area contributed by atoms with Crippen molar-refractivity contribution in [1.29, 1.82) is 0 Å². The van der Waals surface area contributed by atoms with Crippen molar-refractivity contribution < 1.29 is 9.47 Å². The quantitative estimate of drug-likeness (QED) is 0.836. The van der Waals surface area contributed by atoms with Crippen LogP contribution < -0.4 is 20.1 Å². The third kappa shape index (κ3) is 4.80. The van der Waals surface area contributed by atoms with Crippen LogP contribution in [0.15, 0.2) is 24.3 Å². The van der Waals surface area contributed by atoms with Crippen molar-refractivity contribution in [1.82, 2.24) is 14.9 Å². The summed E-state index contributed by atoms with van der Waals surface area (Å²) >= 11 is 0. The number of benzene rings is 1. The molecule has 27 heavy (non-hydrogen) atoms. The van der Waals surface area contributed by atoms with E-state index < -0.39 is 0 Å². The Bertz CT molecular complexity index is 755. The van der Waals surface area contributed by atoms with Gasteiger partial charge in [0.05, 0.1) is 13.7 Å². The number of ether oxygens (including phenoxy) is 2. The maximum atomic E-state index is 6.14. The summed E-state index contributed by atoms with van der Waals surface area (Å²) in [4.78, 5) is 13.0. The average molecular weight is 371 g/mol. The molecule has 1 fully saturated rings. The Labute approximate surface area is 161 Å². The minimum atomic E-state index is 0.455. The Morgan fingerprint density at radius 1 is 1.19 bits per heavy atom. The van der Waals surface area contributed by atoms with E-state index in [2.05, 4.69) is 21.9 Å². The van der Waals surface area contributed by atoms with E-state index in [4.69, 9.17) is 15.2 Å². The number of rotatable bonds is 6. The molecule has 0 saturated carbocycles. The zero-order chi connectivity index (χ0) is 19.4. The molecule has 1 saturated heterocycles. The smallest absolute Gasteiger partial charge is 0.231 e. The average Bonchev–Trinajstić information content (AvgIpc) is 2.66. The Hall–Kier alpha value is -2.54. The molecule has 0 spiro atoms. The molecule has 2 heterocycles. The molecular formula is C20H29N5O2. The van der Waals surface area contributed by atoms with Crippen LogP contribution in [0.1, 0.15) is 18.5 Å². The number of aryl methyl sites for hydroxylation is 1. The molecule has 146 valence electrons. The second-order valence-corrected chi connectivity index (χ2v) is 7.19. The van der Waals surface area contributed by atoms with Crippen LogP contribution in [-0.4, -0.2) is 55.8 Å². The highest BCUT2D eigenvalue weighted by Gasteiger charge is 2.19. The zero-order valence-electron chi connectivity index (χ0n) is 16.6. The van der Waals surface area contributed by atoms with Gasteiger partial charge in [0.1, 0.15) is 5.82 Å². The minimum Gasteiger partial charge on any atom is -0.493 e. The van der Waals surface area contributed by atoms with Gasteiger partial charge in [0.2, 0.25) is 5.95 Å². The molecule has 1 aliphatic rings. The van der Waals surface area contributed by atoms with E-state index in [1.807, 2.05) is 37.1 Å². The molecule has 0 bridgehead atoms. The van der Waals surface area contributed by atoms with Gasteiger partial charge in [0, 0.05) is 30.6 Å². The summed E-state index contributed by atoms with van der Waals surface area (Å²) in [5, 5.41) is 0. The van der Waals surface area contributed by atoms with Gasteiger partial charge in [-0.1, -0.05) is 0 Å². The number of nitrogens with zero attached hydrogens (tertiary/aromatic N) is 4. The Morgan fingerprint density at radius 3 is 2.59 bits per heavy atom. The maximum absolute atomic E-state index is 6.14. The van der Waals surface area contributed by atoms with Crippen LogP contribution in [0.2, 0.25) is 0 Å². The number of nitrogens with two attached hydrogens (primary N) is 1. The topological polar surface area (TPSA) is 76.7 Å². The lowest BCUT2D eigenvalue weighted by Crippen LogP contribution is -2.32. The highest BCUT2D eigenvalue weighted by atomic mass is 16.5. The van der Waals surface area contributed by atoms with Gasteiger partial charge in [-0.25, -0.2) is 4.98 Å². The maximum Gasteiger partial charge on any atom is 0.231 e. The van der Waals surface area contributed by atoms with E-state index in [9.17, 15) is 0 Å². The normalized spacial score (nSPS) is 15.6. The van der Waals surface area contributed by atoms with Crippen molar-refractivity contribution in [3.05, 3.63) is 30.0 Å². The molecule has 7 heteroatoms. The Balaban J connectivity index is 1.76. The van der Waals surface area contributed by atoms with Gasteiger partial charge in [-0.2, -0.15) is 4.98 Å². The van der Waals surface area contributed by atoms with Crippen molar-refractivity contribution in [3.8, 4) is 11.5 Å². The predicted octanol–water partition coefficient (Wildman–Crippen LogP) is 2.86. The number of likely N-dealkylation sites (tertiary alicyclic amines) is 1. The fourth-order valence-corrected chi connectivity index (χ4v) is 3.27.